The lowest BCUT2D eigenvalue weighted by molar-refractivity contribution is 0.0693. The molecule has 3 aromatic rings. The summed E-state index contributed by atoms with van der Waals surface area (Å²) in [5.41, 5.74) is 2.58. The predicted molar refractivity (Wildman–Crippen MR) is 122 cm³/mol. The van der Waals surface area contributed by atoms with E-state index < -0.39 is 15.8 Å². The van der Waals surface area contributed by atoms with Crippen molar-refractivity contribution in [3.8, 4) is 0 Å². The maximum absolute atomic E-state index is 14.0. The Morgan fingerprint density at radius 3 is 2.34 bits per heavy atom. The van der Waals surface area contributed by atoms with Gasteiger partial charge in [0.25, 0.3) is 15.9 Å². The average Bonchev–Trinajstić information content (AvgIpc) is 3.07. The van der Waals surface area contributed by atoms with Crippen molar-refractivity contribution in [2.24, 2.45) is 0 Å². The topological polar surface area (TPSA) is 79.6 Å². The summed E-state index contributed by atoms with van der Waals surface area (Å²) in [7, 11) is -4.11. The third-order valence-corrected chi connectivity index (χ3v) is 7.76. The molecule has 0 radical (unpaired) electrons. The third kappa shape index (κ3) is 3.88. The molecule has 170 valence electrons. The lowest BCUT2D eigenvalue weighted by Gasteiger charge is -2.25. The number of nitrogens with zero attached hydrogens (tertiary/aromatic N) is 1. The fourth-order valence-corrected chi connectivity index (χ4v) is 5.67. The Hall–Kier alpha value is -2.87. The standard InChI is InChI=1S/C24H27FN2O4S/c1-14-8-9-18(13-20(14)25)26-32(29,30)23-16(3)15(2)12-19-17(4)21(31-22(19)23)24(28)27-10-6-5-7-11-27/h8-9,12-13,26H,5-7,10-11H2,1-4H3. The van der Waals surface area contributed by atoms with Crippen LogP contribution >= 0.6 is 0 Å². The van der Waals surface area contributed by atoms with Crippen molar-refractivity contribution in [3.05, 3.63) is 58.1 Å². The molecule has 0 unspecified atom stereocenters. The van der Waals surface area contributed by atoms with E-state index in [4.69, 9.17) is 4.42 Å². The minimum atomic E-state index is -4.11. The average molecular weight is 459 g/mol. The number of aryl methyl sites for hydroxylation is 3. The van der Waals surface area contributed by atoms with Crippen molar-refractivity contribution in [2.75, 3.05) is 17.8 Å². The molecule has 1 fully saturated rings. The first-order valence-electron chi connectivity index (χ1n) is 10.7. The van der Waals surface area contributed by atoms with Crippen LogP contribution in [0.5, 0.6) is 0 Å². The first kappa shape index (κ1) is 22.3. The predicted octanol–water partition coefficient (Wildman–Crippen LogP) is 5.23. The minimum Gasteiger partial charge on any atom is -0.449 e. The summed E-state index contributed by atoms with van der Waals surface area (Å²) < 4.78 is 49.2. The van der Waals surface area contributed by atoms with Crippen molar-refractivity contribution < 1.29 is 22.0 Å². The van der Waals surface area contributed by atoms with Gasteiger partial charge in [-0.25, -0.2) is 12.8 Å². The van der Waals surface area contributed by atoms with Crippen LogP contribution in [-0.4, -0.2) is 32.3 Å². The van der Waals surface area contributed by atoms with Gasteiger partial charge in [-0.15, -0.1) is 0 Å². The van der Waals surface area contributed by atoms with Crippen LogP contribution in [0.4, 0.5) is 10.1 Å². The number of sulfonamides is 1. The fraction of sp³-hybridized carbons (Fsp3) is 0.375. The summed E-state index contributed by atoms with van der Waals surface area (Å²) >= 11 is 0. The lowest BCUT2D eigenvalue weighted by atomic mass is 10.0. The van der Waals surface area contributed by atoms with Crippen molar-refractivity contribution in [3.63, 3.8) is 0 Å². The van der Waals surface area contributed by atoms with Crippen LogP contribution < -0.4 is 4.72 Å². The number of piperidine rings is 1. The molecular formula is C24H27FN2O4S. The Morgan fingerprint density at radius 1 is 1.00 bits per heavy atom. The number of hydrogen-bond acceptors (Lipinski definition) is 4. The highest BCUT2D eigenvalue weighted by atomic mass is 32.2. The molecule has 32 heavy (non-hydrogen) atoms. The molecule has 1 aromatic heterocycles. The molecule has 8 heteroatoms. The lowest BCUT2D eigenvalue weighted by Crippen LogP contribution is -2.35. The van der Waals surface area contributed by atoms with Crippen LogP contribution in [-0.2, 0) is 10.0 Å². The van der Waals surface area contributed by atoms with Gasteiger partial charge in [0.15, 0.2) is 11.3 Å². The van der Waals surface area contributed by atoms with Gasteiger partial charge in [0.2, 0.25) is 0 Å². The molecule has 0 aliphatic carbocycles. The van der Waals surface area contributed by atoms with E-state index in [1.165, 1.54) is 12.1 Å². The van der Waals surface area contributed by atoms with E-state index in [1.807, 2.05) is 13.0 Å². The van der Waals surface area contributed by atoms with Crippen LogP contribution in [0.2, 0.25) is 0 Å². The molecule has 1 aliphatic rings. The monoisotopic (exact) mass is 458 g/mol. The highest BCUT2D eigenvalue weighted by Gasteiger charge is 2.30. The maximum Gasteiger partial charge on any atom is 0.289 e. The quantitative estimate of drug-likeness (QED) is 0.580. The van der Waals surface area contributed by atoms with Crippen LogP contribution in [0.15, 0.2) is 33.6 Å². The van der Waals surface area contributed by atoms with E-state index in [1.54, 1.807) is 25.7 Å². The summed E-state index contributed by atoms with van der Waals surface area (Å²) in [6.07, 6.45) is 2.98. The number of amides is 1. The normalized spacial score (nSPS) is 14.7. The van der Waals surface area contributed by atoms with Crippen LogP contribution in [0.1, 0.15) is 52.1 Å². The number of benzene rings is 2. The molecule has 0 spiro atoms. The Balaban J connectivity index is 1.84. The van der Waals surface area contributed by atoms with Gasteiger partial charge in [-0.3, -0.25) is 9.52 Å². The largest absolute Gasteiger partial charge is 0.449 e. The van der Waals surface area contributed by atoms with Crippen LogP contribution in [0.25, 0.3) is 11.0 Å². The zero-order valence-corrected chi connectivity index (χ0v) is 19.5. The van der Waals surface area contributed by atoms with Crippen LogP contribution in [0.3, 0.4) is 0 Å². The maximum atomic E-state index is 14.0. The van der Waals surface area contributed by atoms with Crippen molar-refractivity contribution >= 4 is 32.6 Å². The molecule has 6 nitrogen and oxygen atoms in total. The molecule has 1 amide bonds. The van der Waals surface area contributed by atoms with Crippen LogP contribution in [0, 0.1) is 33.5 Å². The molecule has 2 heterocycles. The fourth-order valence-electron chi connectivity index (χ4n) is 4.17. The SMILES string of the molecule is Cc1ccc(NS(=O)(=O)c2c(C)c(C)cc3c(C)c(C(=O)N4CCCCC4)oc23)cc1F. The third-order valence-electron chi connectivity index (χ3n) is 6.22. The number of carbonyl (C=O) groups is 1. The summed E-state index contributed by atoms with van der Waals surface area (Å²) in [6.45, 7) is 8.23. The Bertz CT molecular complexity index is 1320. The Labute approximate surface area is 187 Å². The summed E-state index contributed by atoms with van der Waals surface area (Å²) in [6, 6.07) is 6.02. The highest BCUT2D eigenvalue weighted by Crippen LogP contribution is 2.36. The number of rotatable bonds is 4. The van der Waals surface area contributed by atoms with E-state index in [-0.39, 0.29) is 27.8 Å². The number of anilines is 1. The van der Waals surface area contributed by atoms with E-state index in [2.05, 4.69) is 4.72 Å². The smallest absolute Gasteiger partial charge is 0.289 e. The summed E-state index contributed by atoms with van der Waals surface area (Å²) in [4.78, 5) is 14.8. The molecule has 1 aliphatic heterocycles. The van der Waals surface area contributed by atoms with Gasteiger partial charge in [-0.05, 0) is 81.8 Å². The van der Waals surface area contributed by atoms with Gasteiger partial charge in [-0.1, -0.05) is 6.07 Å². The molecule has 2 aromatic carbocycles. The zero-order chi connectivity index (χ0) is 23.2. The van der Waals surface area contributed by atoms with E-state index in [0.717, 1.165) is 30.9 Å². The number of nitrogens with one attached hydrogen (secondary N) is 1. The number of carbonyl (C=O) groups excluding carboxylic acids is 1. The Morgan fingerprint density at radius 2 is 1.69 bits per heavy atom. The number of furan rings is 1. The first-order valence-corrected chi connectivity index (χ1v) is 12.2. The molecule has 0 atom stereocenters. The second kappa shape index (κ2) is 8.24. The van der Waals surface area contributed by atoms with Gasteiger partial charge in [0.1, 0.15) is 10.7 Å². The minimum absolute atomic E-state index is 0.0331. The van der Waals surface area contributed by atoms with Gasteiger partial charge in [0.05, 0.1) is 5.69 Å². The van der Waals surface area contributed by atoms with Crippen molar-refractivity contribution in [1.29, 1.82) is 0 Å². The van der Waals surface area contributed by atoms with Crippen molar-refractivity contribution in [2.45, 2.75) is 51.9 Å². The summed E-state index contributed by atoms with van der Waals surface area (Å²) in [5, 5.41) is 0.587. The number of hydrogen-bond donors (Lipinski definition) is 1. The second-order valence-corrected chi connectivity index (χ2v) is 10.1. The molecular weight excluding hydrogens is 431 g/mol. The number of fused-ring (bicyclic) bond motifs is 1. The molecule has 1 N–H and O–H groups in total. The van der Waals surface area contributed by atoms with E-state index in [9.17, 15) is 17.6 Å². The first-order chi connectivity index (χ1) is 15.1. The molecule has 0 saturated carbocycles. The van der Waals surface area contributed by atoms with Crippen molar-refractivity contribution in [1.82, 2.24) is 4.90 Å². The molecule has 1 saturated heterocycles. The molecule has 4 rings (SSSR count). The van der Waals surface area contributed by atoms with E-state index >= 15 is 0 Å². The highest BCUT2D eigenvalue weighted by molar-refractivity contribution is 7.93. The van der Waals surface area contributed by atoms with Gasteiger partial charge in [-0.2, -0.15) is 0 Å². The second-order valence-electron chi connectivity index (χ2n) is 8.50. The summed E-state index contributed by atoms with van der Waals surface area (Å²) in [5.74, 6) is -0.546. The van der Waals surface area contributed by atoms with Gasteiger partial charge in [0, 0.05) is 24.0 Å². The number of likely N-dealkylation sites (tertiary alicyclic amines) is 1. The van der Waals surface area contributed by atoms with Gasteiger partial charge >= 0.3 is 0 Å². The molecule has 0 bridgehead atoms. The van der Waals surface area contributed by atoms with E-state index in [0.29, 0.717) is 35.2 Å². The number of halogens is 1. The van der Waals surface area contributed by atoms with Gasteiger partial charge < -0.3 is 9.32 Å². The zero-order valence-electron chi connectivity index (χ0n) is 18.7. The Kier molecular flexibility index (Phi) is 5.75.